The largest absolute Gasteiger partial charge is 0.462 e. The van der Waals surface area contributed by atoms with Crippen LogP contribution in [0.1, 0.15) is 33.1 Å². The van der Waals surface area contributed by atoms with Crippen LogP contribution >= 0.6 is 0 Å². The average molecular weight is 201 g/mol. The fourth-order valence-electron chi connectivity index (χ4n) is 1.64. The summed E-state index contributed by atoms with van der Waals surface area (Å²) in [5.74, 6) is -0.234. The summed E-state index contributed by atoms with van der Waals surface area (Å²) in [5.41, 5.74) is 0. The molecule has 1 unspecified atom stereocenters. The molecule has 14 heavy (non-hydrogen) atoms. The second-order valence-electron chi connectivity index (χ2n) is 3.89. The smallest absolute Gasteiger partial charge is 0.323 e. The Balaban J connectivity index is 2.27. The zero-order valence-electron chi connectivity index (χ0n) is 8.82. The minimum Gasteiger partial charge on any atom is -0.462 e. The molecule has 1 saturated heterocycles. The van der Waals surface area contributed by atoms with Gasteiger partial charge in [0.25, 0.3) is 0 Å². The zero-order chi connectivity index (χ0) is 10.6. The predicted molar refractivity (Wildman–Crippen MR) is 52.9 cm³/mol. The van der Waals surface area contributed by atoms with Gasteiger partial charge in [-0.3, -0.25) is 4.79 Å². The molecule has 1 aliphatic rings. The topological polar surface area (TPSA) is 58.6 Å². The average Bonchev–Trinajstić information content (AvgIpc) is 2.52. The molecule has 0 aromatic carbocycles. The van der Waals surface area contributed by atoms with Gasteiger partial charge < -0.3 is 15.2 Å². The Bertz CT molecular complexity index is 196. The first-order valence-corrected chi connectivity index (χ1v) is 5.25. The van der Waals surface area contributed by atoms with E-state index in [1.807, 2.05) is 6.92 Å². The molecule has 4 heteroatoms. The summed E-state index contributed by atoms with van der Waals surface area (Å²) in [6.45, 7) is 4.44. The van der Waals surface area contributed by atoms with Crippen LogP contribution in [0.3, 0.4) is 0 Å². The molecule has 0 aromatic rings. The summed E-state index contributed by atoms with van der Waals surface area (Å²) in [4.78, 5) is 11.5. The highest BCUT2D eigenvalue weighted by molar-refractivity contribution is 5.76. The number of carbonyl (C=O) groups is 1. The van der Waals surface area contributed by atoms with E-state index in [4.69, 9.17) is 4.74 Å². The molecule has 1 heterocycles. The summed E-state index contributed by atoms with van der Waals surface area (Å²) >= 11 is 0. The van der Waals surface area contributed by atoms with Crippen molar-refractivity contribution in [3.8, 4) is 0 Å². The number of aliphatic hydroxyl groups is 1. The third-order valence-electron chi connectivity index (χ3n) is 2.40. The van der Waals surface area contributed by atoms with Crippen LogP contribution in [0.4, 0.5) is 0 Å². The second-order valence-corrected chi connectivity index (χ2v) is 3.89. The third-order valence-corrected chi connectivity index (χ3v) is 2.40. The van der Waals surface area contributed by atoms with Crippen molar-refractivity contribution in [1.82, 2.24) is 5.32 Å². The fraction of sp³-hybridized carbons (Fsp3) is 0.900. The lowest BCUT2D eigenvalue weighted by Crippen LogP contribution is -2.34. The summed E-state index contributed by atoms with van der Waals surface area (Å²) in [7, 11) is 0. The van der Waals surface area contributed by atoms with Gasteiger partial charge in [0.1, 0.15) is 6.04 Å². The van der Waals surface area contributed by atoms with E-state index < -0.39 is 6.10 Å². The molecule has 0 amide bonds. The van der Waals surface area contributed by atoms with Crippen LogP contribution in [-0.4, -0.2) is 35.9 Å². The molecule has 2 N–H and O–H groups in total. The zero-order valence-corrected chi connectivity index (χ0v) is 8.82. The highest BCUT2D eigenvalue weighted by atomic mass is 16.5. The van der Waals surface area contributed by atoms with Gasteiger partial charge >= 0.3 is 5.97 Å². The molecule has 0 spiro atoms. The Kier molecular flexibility index (Phi) is 4.35. The van der Waals surface area contributed by atoms with Crippen LogP contribution in [0.5, 0.6) is 0 Å². The maximum absolute atomic E-state index is 11.5. The first-order valence-electron chi connectivity index (χ1n) is 5.25. The molecule has 3 atom stereocenters. The first-order chi connectivity index (χ1) is 6.63. The van der Waals surface area contributed by atoms with E-state index in [-0.39, 0.29) is 18.1 Å². The summed E-state index contributed by atoms with van der Waals surface area (Å²) in [6, 6.07) is -0.315. The fourth-order valence-corrected chi connectivity index (χ4v) is 1.64. The van der Waals surface area contributed by atoms with Gasteiger partial charge in [0, 0.05) is 13.0 Å². The van der Waals surface area contributed by atoms with Crippen LogP contribution in [0.2, 0.25) is 0 Å². The minimum atomic E-state index is -0.408. The predicted octanol–water partition coefficient (Wildman–Crippen LogP) is 0.441. The Morgan fingerprint density at radius 1 is 1.71 bits per heavy atom. The van der Waals surface area contributed by atoms with Crippen molar-refractivity contribution in [2.45, 2.75) is 51.4 Å². The Morgan fingerprint density at radius 2 is 2.43 bits per heavy atom. The number of hydrogen-bond acceptors (Lipinski definition) is 4. The molecule has 1 fully saturated rings. The summed E-state index contributed by atoms with van der Waals surface area (Å²) in [6.07, 6.45) is 1.94. The van der Waals surface area contributed by atoms with Crippen LogP contribution in [0.15, 0.2) is 0 Å². The maximum atomic E-state index is 11.5. The van der Waals surface area contributed by atoms with Crippen molar-refractivity contribution >= 4 is 5.97 Å². The summed E-state index contributed by atoms with van der Waals surface area (Å²) < 4.78 is 5.21. The van der Waals surface area contributed by atoms with E-state index in [0.29, 0.717) is 13.0 Å². The van der Waals surface area contributed by atoms with Crippen LogP contribution < -0.4 is 5.32 Å². The number of ether oxygens (including phenoxy) is 1. The van der Waals surface area contributed by atoms with Gasteiger partial charge in [-0.2, -0.15) is 0 Å². The lowest BCUT2D eigenvalue weighted by Gasteiger charge is -2.15. The standard InChI is InChI=1S/C10H19NO3/c1-3-4-7(2)14-10(13)9-5-8(12)6-11-9/h7-9,11-12H,3-6H2,1-2H3/t7?,8-,9-/m0/s1. The lowest BCUT2D eigenvalue weighted by molar-refractivity contribution is -0.150. The van der Waals surface area contributed by atoms with E-state index >= 15 is 0 Å². The highest BCUT2D eigenvalue weighted by Gasteiger charge is 2.29. The van der Waals surface area contributed by atoms with Crippen LogP contribution in [0, 0.1) is 0 Å². The van der Waals surface area contributed by atoms with Crippen molar-refractivity contribution in [3.05, 3.63) is 0 Å². The van der Waals surface area contributed by atoms with E-state index in [0.717, 1.165) is 12.8 Å². The van der Waals surface area contributed by atoms with Gasteiger partial charge in [-0.15, -0.1) is 0 Å². The third kappa shape index (κ3) is 3.27. The molecule has 0 bridgehead atoms. The molecule has 0 saturated carbocycles. The van der Waals surface area contributed by atoms with Gasteiger partial charge in [-0.25, -0.2) is 0 Å². The highest BCUT2D eigenvalue weighted by Crippen LogP contribution is 2.10. The number of nitrogens with one attached hydrogen (secondary N) is 1. The number of carbonyl (C=O) groups excluding carboxylic acids is 1. The normalized spacial score (nSPS) is 28.8. The molecule has 0 radical (unpaired) electrons. The molecular formula is C10H19NO3. The van der Waals surface area contributed by atoms with Crippen molar-refractivity contribution in [2.75, 3.05) is 6.54 Å². The van der Waals surface area contributed by atoms with E-state index in [1.54, 1.807) is 0 Å². The number of rotatable bonds is 4. The summed E-state index contributed by atoms with van der Waals surface area (Å²) in [5, 5.41) is 12.1. The van der Waals surface area contributed by atoms with E-state index in [9.17, 15) is 9.90 Å². The van der Waals surface area contributed by atoms with Crippen molar-refractivity contribution in [1.29, 1.82) is 0 Å². The Labute approximate surface area is 84.6 Å². The van der Waals surface area contributed by atoms with Crippen molar-refractivity contribution in [2.24, 2.45) is 0 Å². The van der Waals surface area contributed by atoms with Crippen molar-refractivity contribution in [3.63, 3.8) is 0 Å². The number of β-amino-alcohol motifs (C(OH)–C–C–N with tert-alkyl or cyclic N) is 1. The molecule has 4 nitrogen and oxygen atoms in total. The van der Waals surface area contributed by atoms with E-state index in [2.05, 4.69) is 12.2 Å². The number of aliphatic hydroxyl groups excluding tert-OH is 1. The van der Waals surface area contributed by atoms with E-state index in [1.165, 1.54) is 0 Å². The van der Waals surface area contributed by atoms with Crippen LogP contribution in [-0.2, 0) is 9.53 Å². The van der Waals surface area contributed by atoms with Gasteiger partial charge in [0.15, 0.2) is 0 Å². The number of esters is 1. The van der Waals surface area contributed by atoms with Gasteiger partial charge in [-0.05, 0) is 13.3 Å². The van der Waals surface area contributed by atoms with Crippen molar-refractivity contribution < 1.29 is 14.6 Å². The van der Waals surface area contributed by atoms with Gasteiger partial charge in [-0.1, -0.05) is 13.3 Å². The molecule has 82 valence electrons. The monoisotopic (exact) mass is 201 g/mol. The minimum absolute atomic E-state index is 0.0213. The van der Waals surface area contributed by atoms with Crippen LogP contribution in [0.25, 0.3) is 0 Å². The Morgan fingerprint density at radius 3 is 2.93 bits per heavy atom. The quantitative estimate of drug-likeness (QED) is 0.648. The molecule has 0 aliphatic carbocycles. The number of hydrogen-bond donors (Lipinski definition) is 2. The lowest BCUT2D eigenvalue weighted by atomic mass is 10.2. The molecule has 1 aliphatic heterocycles. The molecular weight excluding hydrogens is 182 g/mol. The van der Waals surface area contributed by atoms with Gasteiger partial charge in [0.2, 0.25) is 0 Å². The SMILES string of the molecule is CCCC(C)OC(=O)[C@@H]1C[C@H](O)CN1. The Hall–Kier alpha value is -0.610. The first kappa shape index (κ1) is 11.5. The second kappa shape index (κ2) is 5.32. The maximum Gasteiger partial charge on any atom is 0.323 e. The van der Waals surface area contributed by atoms with Gasteiger partial charge in [0.05, 0.1) is 12.2 Å². The molecule has 0 aromatic heterocycles. The molecule has 1 rings (SSSR count).